The highest BCUT2D eigenvalue weighted by Crippen LogP contribution is 2.10. The van der Waals surface area contributed by atoms with E-state index in [0.717, 1.165) is 32.7 Å². The summed E-state index contributed by atoms with van der Waals surface area (Å²) < 4.78 is 16.0. The molecule has 0 unspecified atom stereocenters. The average molecular weight is 281 g/mol. The van der Waals surface area contributed by atoms with Gasteiger partial charge in [-0.2, -0.15) is 0 Å². The van der Waals surface area contributed by atoms with Crippen LogP contribution in [0.15, 0.2) is 24.3 Å². The zero-order chi connectivity index (χ0) is 14.5. The number of rotatable bonds is 12. The van der Waals surface area contributed by atoms with Crippen molar-refractivity contribution in [2.75, 3.05) is 40.1 Å². The Labute approximate surface area is 122 Å². The molecule has 1 aromatic rings. The topological polar surface area (TPSA) is 39.7 Å². The fourth-order valence-electron chi connectivity index (χ4n) is 1.82. The number of methoxy groups -OCH3 is 1. The minimum atomic E-state index is 0.651. The van der Waals surface area contributed by atoms with Gasteiger partial charge in [0.15, 0.2) is 0 Å². The van der Waals surface area contributed by atoms with Gasteiger partial charge < -0.3 is 19.5 Å². The molecule has 0 aliphatic rings. The van der Waals surface area contributed by atoms with Gasteiger partial charge in [-0.25, -0.2) is 0 Å². The third kappa shape index (κ3) is 7.60. The highest BCUT2D eigenvalue weighted by Gasteiger charge is 2.01. The molecule has 1 N–H and O–H groups in total. The molecular formula is C16H27NO3. The minimum Gasteiger partial charge on any atom is -0.382 e. The molecule has 0 atom stereocenters. The average Bonchev–Trinajstić information content (AvgIpc) is 2.49. The lowest BCUT2D eigenvalue weighted by molar-refractivity contribution is 0.0482. The van der Waals surface area contributed by atoms with Crippen molar-refractivity contribution in [3.63, 3.8) is 0 Å². The number of benzene rings is 1. The number of hydrogen-bond acceptors (Lipinski definition) is 4. The second-order valence-electron chi connectivity index (χ2n) is 4.56. The van der Waals surface area contributed by atoms with Crippen molar-refractivity contribution < 1.29 is 14.2 Å². The highest BCUT2D eigenvalue weighted by molar-refractivity contribution is 5.26. The fraction of sp³-hybridized carbons (Fsp3) is 0.625. The van der Waals surface area contributed by atoms with E-state index < -0.39 is 0 Å². The maximum atomic E-state index is 5.71. The molecule has 0 spiro atoms. The van der Waals surface area contributed by atoms with E-state index in [-0.39, 0.29) is 0 Å². The lowest BCUT2D eigenvalue weighted by atomic mass is 10.1. The van der Waals surface area contributed by atoms with Crippen molar-refractivity contribution in [3.8, 4) is 0 Å². The van der Waals surface area contributed by atoms with Crippen molar-refractivity contribution in [2.45, 2.75) is 26.5 Å². The monoisotopic (exact) mass is 281 g/mol. The van der Waals surface area contributed by atoms with E-state index in [2.05, 4.69) is 36.5 Å². The van der Waals surface area contributed by atoms with E-state index in [9.17, 15) is 0 Å². The summed E-state index contributed by atoms with van der Waals surface area (Å²) in [5.41, 5.74) is 2.57. The van der Waals surface area contributed by atoms with Gasteiger partial charge in [0.2, 0.25) is 0 Å². The van der Waals surface area contributed by atoms with Gasteiger partial charge in [-0.3, -0.25) is 0 Å². The molecule has 4 heteroatoms. The summed E-state index contributed by atoms with van der Waals surface area (Å²) in [6, 6.07) is 8.40. The smallest absolute Gasteiger partial charge is 0.0720 e. The summed E-state index contributed by atoms with van der Waals surface area (Å²) in [6.07, 6.45) is 0.916. The summed E-state index contributed by atoms with van der Waals surface area (Å²) >= 11 is 0. The van der Waals surface area contributed by atoms with Gasteiger partial charge in [0.05, 0.1) is 19.8 Å². The minimum absolute atomic E-state index is 0.651. The Hall–Kier alpha value is -0.940. The molecule has 0 aromatic heterocycles. The van der Waals surface area contributed by atoms with Crippen LogP contribution in [0.4, 0.5) is 0 Å². The predicted molar refractivity (Wildman–Crippen MR) is 80.8 cm³/mol. The number of hydrogen-bond donors (Lipinski definition) is 1. The Morgan fingerprint density at radius 2 is 1.70 bits per heavy atom. The molecular weight excluding hydrogens is 254 g/mol. The van der Waals surface area contributed by atoms with Gasteiger partial charge in [-0.1, -0.05) is 31.2 Å². The lowest BCUT2D eigenvalue weighted by Crippen LogP contribution is -2.13. The van der Waals surface area contributed by atoms with Crippen LogP contribution in [0, 0.1) is 0 Å². The van der Waals surface area contributed by atoms with Gasteiger partial charge in [0.1, 0.15) is 0 Å². The van der Waals surface area contributed by atoms with Gasteiger partial charge >= 0.3 is 0 Å². The van der Waals surface area contributed by atoms with Crippen molar-refractivity contribution in [1.82, 2.24) is 5.32 Å². The standard InChI is InChI=1S/C16H27NO3/c1-3-17-13-15-7-4-5-8-16(15)14-20-10-6-9-19-12-11-18-2/h4-5,7-8,17H,3,6,9-14H2,1-2H3. The van der Waals surface area contributed by atoms with E-state index in [0.29, 0.717) is 19.8 Å². The second-order valence-corrected chi connectivity index (χ2v) is 4.56. The van der Waals surface area contributed by atoms with Gasteiger partial charge in [-0.05, 0) is 24.1 Å². The molecule has 0 saturated carbocycles. The Balaban J connectivity index is 2.15. The van der Waals surface area contributed by atoms with Crippen LogP contribution in [0.3, 0.4) is 0 Å². The number of ether oxygens (including phenoxy) is 3. The van der Waals surface area contributed by atoms with Gasteiger partial charge in [0, 0.05) is 26.9 Å². The quantitative estimate of drug-likeness (QED) is 0.597. The van der Waals surface area contributed by atoms with E-state index >= 15 is 0 Å². The largest absolute Gasteiger partial charge is 0.382 e. The van der Waals surface area contributed by atoms with Crippen molar-refractivity contribution in [3.05, 3.63) is 35.4 Å². The second kappa shape index (κ2) is 11.9. The van der Waals surface area contributed by atoms with Crippen LogP contribution in [0.25, 0.3) is 0 Å². The first-order valence-corrected chi connectivity index (χ1v) is 7.30. The molecule has 20 heavy (non-hydrogen) atoms. The number of nitrogens with one attached hydrogen (secondary N) is 1. The zero-order valence-corrected chi connectivity index (χ0v) is 12.7. The highest BCUT2D eigenvalue weighted by atomic mass is 16.5. The molecule has 1 aromatic carbocycles. The summed E-state index contributed by atoms with van der Waals surface area (Å²) in [7, 11) is 1.68. The Bertz CT molecular complexity index is 344. The van der Waals surface area contributed by atoms with Crippen molar-refractivity contribution in [1.29, 1.82) is 0 Å². The van der Waals surface area contributed by atoms with Crippen molar-refractivity contribution in [2.24, 2.45) is 0 Å². The van der Waals surface area contributed by atoms with Crippen LogP contribution in [-0.4, -0.2) is 40.1 Å². The van der Waals surface area contributed by atoms with Crippen LogP contribution in [0.5, 0.6) is 0 Å². The molecule has 0 heterocycles. The molecule has 0 radical (unpaired) electrons. The molecule has 0 aliphatic heterocycles. The normalized spacial score (nSPS) is 10.9. The molecule has 0 saturated heterocycles. The summed E-state index contributed by atoms with van der Waals surface area (Å²) in [5, 5.41) is 3.35. The third-order valence-electron chi connectivity index (χ3n) is 2.95. The Morgan fingerprint density at radius 1 is 0.950 bits per heavy atom. The third-order valence-corrected chi connectivity index (χ3v) is 2.95. The molecule has 4 nitrogen and oxygen atoms in total. The van der Waals surface area contributed by atoms with E-state index in [1.165, 1.54) is 11.1 Å². The Kier molecular flexibility index (Phi) is 10.1. The SMILES string of the molecule is CCNCc1ccccc1COCCCOCCOC. The molecule has 0 amide bonds. The maximum absolute atomic E-state index is 5.71. The zero-order valence-electron chi connectivity index (χ0n) is 12.7. The first kappa shape index (κ1) is 17.1. The molecule has 1 rings (SSSR count). The van der Waals surface area contributed by atoms with Crippen LogP contribution in [0.2, 0.25) is 0 Å². The molecule has 0 aliphatic carbocycles. The maximum Gasteiger partial charge on any atom is 0.0720 e. The first-order valence-electron chi connectivity index (χ1n) is 7.30. The molecule has 0 fully saturated rings. The van der Waals surface area contributed by atoms with E-state index in [1.807, 2.05) is 0 Å². The van der Waals surface area contributed by atoms with Crippen LogP contribution in [-0.2, 0) is 27.4 Å². The van der Waals surface area contributed by atoms with E-state index in [4.69, 9.17) is 14.2 Å². The lowest BCUT2D eigenvalue weighted by Gasteiger charge is -2.10. The van der Waals surface area contributed by atoms with Crippen LogP contribution >= 0.6 is 0 Å². The summed E-state index contributed by atoms with van der Waals surface area (Å²) in [4.78, 5) is 0. The van der Waals surface area contributed by atoms with Gasteiger partial charge in [-0.15, -0.1) is 0 Å². The van der Waals surface area contributed by atoms with E-state index in [1.54, 1.807) is 7.11 Å². The summed E-state index contributed by atoms with van der Waals surface area (Å²) in [5.74, 6) is 0. The predicted octanol–water partition coefficient (Wildman–Crippen LogP) is 2.37. The van der Waals surface area contributed by atoms with Crippen molar-refractivity contribution >= 4 is 0 Å². The first-order chi connectivity index (χ1) is 9.88. The fourth-order valence-corrected chi connectivity index (χ4v) is 1.82. The van der Waals surface area contributed by atoms with Crippen LogP contribution in [0.1, 0.15) is 24.5 Å². The summed E-state index contributed by atoms with van der Waals surface area (Å²) in [6.45, 7) is 7.41. The van der Waals surface area contributed by atoms with Crippen LogP contribution < -0.4 is 5.32 Å². The molecule has 0 bridgehead atoms. The van der Waals surface area contributed by atoms with Gasteiger partial charge in [0.25, 0.3) is 0 Å². The Morgan fingerprint density at radius 3 is 2.45 bits per heavy atom. The molecule has 114 valence electrons.